The second kappa shape index (κ2) is 3.70. The summed E-state index contributed by atoms with van der Waals surface area (Å²) in [4.78, 5) is 7.95. The van der Waals surface area contributed by atoms with Crippen molar-refractivity contribution in [1.29, 1.82) is 0 Å². The molecule has 0 bridgehead atoms. The lowest BCUT2D eigenvalue weighted by Crippen LogP contribution is -1.95. The summed E-state index contributed by atoms with van der Waals surface area (Å²) in [6, 6.07) is 1.63. The lowest BCUT2D eigenvalue weighted by Gasteiger charge is -2.01. The monoisotopic (exact) mass is 266 g/mol. The average molecular weight is 266 g/mol. The van der Waals surface area contributed by atoms with Crippen LogP contribution in [-0.4, -0.2) is 24.2 Å². The predicted molar refractivity (Wildman–Crippen MR) is 47.9 cm³/mol. The van der Waals surface area contributed by atoms with Crippen molar-refractivity contribution >= 4 is 22.6 Å². The van der Waals surface area contributed by atoms with Crippen molar-refractivity contribution in [2.45, 2.75) is 0 Å². The highest BCUT2D eigenvalue weighted by molar-refractivity contribution is 14.1. The van der Waals surface area contributed by atoms with Gasteiger partial charge in [-0.25, -0.2) is 0 Å². The fourth-order valence-corrected chi connectivity index (χ4v) is 1.06. The summed E-state index contributed by atoms with van der Waals surface area (Å²) in [6.45, 7) is 0. The van der Waals surface area contributed by atoms with Crippen molar-refractivity contribution in [3.8, 4) is 11.8 Å². The summed E-state index contributed by atoms with van der Waals surface area (Å²) in [5.74, 6) is 1.03. The van der Waals surface area contributed by atoms with E-state index in [0.717, 1.165) is 0 Å². The van der Waals surface area contributed by atoms with Gasteiger partial charge in [0.2, 0.25) is 11.8 Å². The van der Waals surface area contributed by atoms with Gasteiger partial charge in [-0.2, -0.15) is 9.97 Å². The molecule has 0 amide bonds. The first-order chi connectivity index (χ1) is 5.26. The Bertz CT molecular complexity index is 232. The van der Waals surface area contributed by atoms with Crippen LogP contribution in [0.2, 0.25) is 0 Å². The summed E-state index contributed by atoms with van der Waals surface area (Å²) in [6.07, 6.45) is 0. The largest absolute Gasteiger partial charge is 0.481 e. The number of aromatic nitrogens is 2. The summed E-state index contributed by atoms with van der Waals surface area (Å²) >= 11 is 2.00. The van der Waals surface area contributed by atoms with Crippen LogP contribution < -0.4 is 9.47 Å². The van der Waals surface area contributed by atoms with Gasteiger partial charge >= 0.3 is 0 Å². The van der Waals surface area contributed by atoms with Crippen molar-refractivity contribution in [2.75, 3.05) is 14.2 Å². The number of rotatable bonds is 2. The first kappa shape index (κ1) is 8.51. The normalized spacial score (nSPS) is 9.36. The Morgan fingerprint density at radius 1 is 1.18 bits per heavy atom. The SMILES string of the molecule is COc1cc(OC)nc(I)n1. The maximum absolute atomic E-state index is 4.90. The zero-order chi connectivity index (χ0) is 8.27. The first-order valence-corrected chi connectivity index (χ1v) is 3.96. The molecular weight excluding hydrogens is 259 g/mol. The van der Waals surface area contributed by atoms with Crippen LogP contribution in [0.3, 0.4) is 0 Å². The van der Waals surface area contributed by atoms with Crippen LogP contribution in [0.4, 0.5) is 0 Å². The van der Waals surface area contributed by atoms with Crippen molar-refractivity contribution in [3.63, 3.8) is 0 Å². The molecule has 60 valence electrons. The van der Waals surface area contributed by atoms with E-state index in [1.807, 2.05) is 22.6 Å². The van der Waals surface area contributed by atoms with E-state index in [1.165, 1.54) is 0 Å². The van der Waals surface area contributed by atoms with Gasteiger partial charge in [0.15, 0.2) is 3.83 Å². The van der Waals surface area contributed by atoms with Crippen LogP contribution in [0.1, 0.15) is 0 Å². The van der Waals surface area contributed by atoms with E-state index in [0.29, 0.717) is 15.6 Å². The summed E-state index contributed by atoms with van der Waals surface area (Å²) in [5.41, 5.74) is 0. The minimum atomic E-state index is 0.515. The molecule has 1 rings (SSSR count). The minimum Gasteiger partial charge on any atom is -0.481 e. The third-order valence-electron chi connectivity index (χ3n) is 1.07. The zero-order valence-corrected chi connectivity index (χ0v) is 8.32. The molecule has 0 aliphatic heterocycles. The maximum atomic E-state index is 4.90. The van der Waals surface area contributed by atoms with Crippen LogP contribution in [-0.2, 0) is 0 Å². The Balaban J connectivity index is 3.02. The molecule has 0 atom stereocenters. The van der Waals surface area contributed by atoms with Crippen LogP contribution in [0, 0.1) is 3.83 Å². The Hall–Kier alpha value is -0.590. The van der Waals surface area contributed by atoms with Crippen molar-refractivity contribution in [1.82, 2.24) is 9.97 Å². The smallest absolute Gasteiger partial charge is 0.220 e. The number of halogens is 1. The van der Waals surface area contributed by atoms with Crippen LogP contribution >= 0.6 is 22.6 Å². The zero-order valence-electron chi connectivity index (χ0n) is 6.17. The van der Waals surface area contributed by atoms with Gasteiger partial charge in [-0.3, -0.25) is 0 Å². The van der Waals surface area contributed by atoms with E-state index in [1.54, 1.807) is 20.3 Å². The summed E-state index contributed by atoms with van der Waals surface area (Å²) in [5, 5.41) is 0. The molecule has 1 aromatic heterocycles. The highest BCUT2D eigenvalue weighted by atomic mass is 127. The fourth-order valence-electron chi connectivity index (χ4n) is 0.586. The Kier molecular flexibility index (Phi) is 2.86. The van der Waals surface area contributed by atoms with E-state index in [2.05, 4.69) is 9.97 Å². The van der Waals surface area contributed by atoms with Crippen LogP contribution in [0.5, 0.6) is 11.8 Å². The van der Waals surface area contributed by atoms with Gasteiger partial charge in [0.05, 0.1) is 20.3 Å². The van der Waals surface area contributed by atoms with Gasteiger partial charge in [0, 0.05) is 22.6 Å². The second-order valence-electron chi connectivity index (χ2n) is 1.72. The standard InChI is InChI=1S/C6H7IN2O2/c1-10-4-3-5(11-2)9-6(7)8-4/h3H,1-2H3. The summed E-state index contributed by atoms with van der Waals surface area (Å²) in [7, 11) is 3.11. The molecule has 0 saturated carbocycles. The molecule has 0 unspecified atom stereocenters. The molecule has 0 fully saturated rings. The quantitative estimate of drug-likeness (QED) is 0.594. The van der Waals surface area contributed by atoms with Gasteiger partial charge < -0.3 is 9.47 Å². The van der Waals surface area contributed by atoms with E-state index in [9.17, 15) is 0 Å². The van der Waals surface area contributed by atoms with E-state index in [4.69, 9.17) is 9.47 Å². The average Bonchev–Trinajstić information content (AvgIpc) is 2.03. The van der Waals surface area contributed by atoms with Gasteiger partial charge in [0.1, 0.15) is 0 Å². The molecule has 1 aromatic rings. The van der Waals surface area contributed by atoms with Crippen molar-refractivity contribution < 1.29 is 9.47 Å². The third-order valence-corrected chi connectivity index (χ3v) is 1.55. The number of methoxy groups -OCH3 is 2. The highest BCUT2D eigenvalue weighted by Gasteiger charge is 2.00. The molecule has 0 aromatic carbocycles. The van der Waals surface area contributed by atoms with E-state index < -0.39 is 0 Å². The first-order valence-electron chi connectivity index (χ1n) is 2.89. The lowest BCUT2D eigenvalue weighted by atomic mass is 10.6. The molecule has 0 spiro atoms. The molecule has 0 saturated heterocycles. The molecule has 4 nitrogen and oxygen atoms in total. The molecular formula is C6H7IN2O2. The number of ether oxygens (including phenoxy) is 2. The molecule has 11 heavy (non-hydrogen) atoms. The van der Waals surface area contributed by atoms with Crippen molar-refractivity contribution in [2.24, 2.45) is 0 Å². The Morgan fingerprint density at radius 2 is 1.64 bits per heavy atom. The predicted octanol–water partition coefficient (Wildman–Crippen LogP) is 1.10. The lowest BCUT2D eigenvalue weighted by molar-refractivity contribution is 0.369. The molecule has 0 N–H and O–H groups in total. The number of hydrogen-bond donors (Lipinski definition) is 0. The minimum absolute atomic E-state index is 0.515. The van der Waals surface area contributed by atoms with Crippen LogP contribution in [0.25, 0.3) is 0 Å². The molecule has 5 heteroatoms. The number of nitrogens with zero attached hydrogens (tertiary/aromatic N) is 2. The third kappa shape index (κ3) is 2.18. The summed E-state index contributed by atoms with van der Waals surface area (Å²) < 4.78 is 10.4. The topological polar surface area (TPSA) is 44.2 Å². The fraction of sp³-hybridized carbons (Fsp3) is 0.333. The molecule has 1 heterocycles. The van der Waals surface area contributed by atoms with Crippen LogP contribution in [0.15, 0.2) is 6.07 Å². The van der Waals surface area contributed by atoms with Gasteiger partial charge in [-0.1, -0.05) is 0 Å². The van der Waals surface area contributed by atoms with Gasteiger partial charge in [0.25, 0.3) is 0 Å². The van der Waals surface area contributed by atoms with Crippen molar-refractivity contribution in [3.05, 3.63) is 9.90 Å². The molecule has 0 radical (unpaired) electrons. The van der Waals surface area contributed by atoms with Gasteiger partial charge in [-0.05, 0) is 0 Å². The highest BCUT2D eigenvalue weighted by Crippen LogP contribution is 2.15. The Morgan fingerprint density at radius 3 is 2.00 bits per heavy atom. The maximum Gasteiger partial charge on any atom is 0.220 e. The van der Waals surface area contributed by atoms with E-state index in [-0.39, 0.29) is 0 Å². The van der Waals surface area contributed by atoms with E-state index >= 15 is 0 Å². The molecule has 0 aliphatic rings. The second-order valence-corrected chi connectivity index (χ2v) is 2.69. The molecule has 0 aliphatic carbocycles. The number of hydrogen-bond acceptors (Lipinski definition) is 4. The Labute approximate surface area is 78.1 Å². The van der Waals surface area contributed by atoms with Gasteiger partial charge in [-0.15, -0.1) is 0 Å².